The normalized spacial score (nSPS) is 11.6. The Morgan fingerprint density at radius 3 is 2.30 bits per heavy atom. The van der Waals surface area contributed by atoms with Gasteiger partial charge < -0.3 is 10.2 Å². The summed E-state index contributed by atoms with van der Waals surface area (Å²) in [6.07, 6.45) is 9.92. The number of anilines is 2. The van der Waals surface area contributed by atoms with Gasteiger partial charge >= 0.3 is 0 Å². The number of amides is 1. The van der Waals surface area contributed by atoms with Crippen LogP contribution < -0.4 is 10.2 Å². The Labute approximate surface area is 193 Å². The number of benzene rings is 2. The lowest BCUT2D eigenvalue weighted by Gasteiger charge is -2.23. The van der Waals surface area contributed by atoms with E-state index < -0.39 is 0 Å². The van der Waals surface area contributed by atoms with Crippen molar-refractivity contribution in [1.82, 2.24) is 25.3 Å². The first-order valence-electron chi connectivity index (χ1n) is 10.9. The fourth-order valence-electron chi connectivity index (χ4n) is 3.61. The van der Waals surface area contributed by atoms with Crippen molar-refractivity contribution in [3.63, 3.8) is 0 Å². The van der Waals surface area contributed by atoms with Crippen LogP contribution in [0.5, 0.6) is 0 Å². The molecule has 7 nitrogen and oxygen atoms in total. The molecule has 166 valence electrons. The van der Waals surface area contributed by atoms with Crippen molar-refractivity contribution in [3.05, 3.63) is 96.5 Å². The first-order valence-corrected chi connectivity index (χ1v) is 10.9. The molecule has 4 aromatic rings. The summed E-state index contributed by atoms with van der Waals surface area (Å²) in [6.45, 7) is 6.67. The van der Waals surface area contributed by atoms with Gasteiger partial charge in [-0.05, 0) is 50.1 Å². The monoisotopic (exact) mass is 438 g/mol. The fraction of sp³-hybridized carbons (Fsp3) is 0.192. The van der Waals surface area contributed by atoms with Crippen molar-refractivity contribution >= 4 is 17.4 Å². The van der Waals surface area contributed by atoms with E-state index in [1.165, 1.54) is 5.56 Å². The molecule has 0 saturated carbocycles. The van der Waals surface area contributed by atoms with E-state index in [4.69, 9.17) is 0 Å². The van der Waals surface area contributed by atoms with Crippen LogP contribution in [-0.2, 0) is 0 Å². The molecule has 0 aliphatic carbocycles. The average Bonchev–Trinajstić information content (AvgIpc) is 2.86. The highest BCUT2D eigenvalue weighted by Crippen LogP contribution is 2.30. The van der Waals surface area contributed by atoms with Crippen LogP contribution in [0.3, 0.4) is 0 Å². The van der Waals surface area contributed by atoms with Crippen molar-refractivity contribution in [3.8, 4) is 11.1 Å². The zero-order chi connectivity index (χ0) is 23.2. The second kappa shape index (κ2) is 9.99. The Hall–Kier alpha value is -4.13. The number of rotatable bonds is 7. The van der Waals surface area contributed by atoms with E-state index >= 15 is 0 Å². The predicted octanol–water partition coefficient (Wildman–Crippen LogP) is 4.89. The highest BCUT2D eigenvalue weighted by molar-refractivity contribution is 5.97. The van der Waals surface area contributed by atoms with Crippen LogP contribution >= 0.6 is 0 Å². The minimum Gasteiger partial charge on any atom is -0.344 e. The van der Waals surface area contributed by atoms with Crippen molar-refractivity contribution in [2.45, 2.75) is 26.8 Å². The number of hydrogen-bond donors (Lipinski definition) is 1. The molecule has 33 heavy (non-hydrogen) atoms. The molecule has 2 heterocycles. The number of aromatic nitrogens is 4. The molecule has 0 bridgehead atoms. The van der Waals surface area contributed by atoms with Gasteiger partial charge in [0.1, 0.15) is 0 Å². The molecule has 1 N–H and O–H groups in total. The first-order chi connectivity index (χ1) is 16.0. The molecule has 0 fully saturated rings. The summed E-state index contributed by atoms with van der Waals surface area (Å²) in [5, 5.41) is 3.04. The largest absolute Gasteiger partial charge is 0.344 e. The number of aryl methyl sites for hydroxylation is 1. The summed E-state index contributed by atoms with van der Waals surface area (Å²) >= 11 is 0. The number of nitrogens with one attached hydrogen (secondary N) is 1. The quantitative estimate of drug-likeness (QED) is 0.442. The molecule has 0 radical (unpaired) electrons. The van der Waals surface area contributed by atoms with Crippen molar-refractivity contribution < 1.29 is 4.79 Å². The second-order valence-electron chi connectivity index (χ2n) is 7.77. The van der Waals surface area contributed by atoms with Crippen molar-refractivity contribution in [2.24, 2.45) is 0 Å². The van der Waals surface area contributed by atoms with E-state index in [1.807, 2.05) is 30.9 Å². The van der Waals surface area contributed by atoms with Gasteiger partial charge in [0.25, 0.3) is 5.91 Å². The zero-order valence-electron chi connectivity index (χ0n) is 18.9. The van der Waals surface area contributed by atoms with Crippen LogP contribution in [0.2, 0.25) is 0 Å². The molecule has 0 aliphatic rings. The topological polar surface area (TPSA) is 83.9 Å². The average molecular weight is 439 g/mol. The van der Waals surface area contributed by atoms with E-state index in [2.05, 4.69) is 62.5 Å². The van der Waals surface area contributed by atoms with Crippen LogP contribution in [0.15, 0.2) is 79.6 Å². The third kappa shape index (κ3) is 5.20. The Kier molecular flexibility index (Phi) is 6.69. The SMILES string of the molecule is CCN(c1cc(C(=O)NC(C)c2cnccn2)cc(-c2ccc(C)cc2)c1)c1cnccn1. The van der Waals surface area contributed by atoms with Crippen molar-refractivity contribution in [1.29, 1.82) is 0 Å². The molecule has 0 saturated heterocycles. The number of carbonyl (C=O) groups is 1. The Morgan fingerprint density at radius 2 is 1.67 bits per heavy atom. The molecule has 1 atom stereocenters. The lowest BCUT2D eigenvalue weighted by atomic mass is 10.00. The molecule has 0 spiro atoms. The highest BCUT2D eigenvalue weighted by Gasteiger charge is 2.17. The maximum atomic E-state index is 13.3. The maximum Gasteiger partial charge on any atom is 0.251 e. The molecule has 2 aromatic heterocycles. The second-order valence-corrected chi connectivity index (χ2v) is 7.77. The number of carbonyl (C=O) groups excluding carboxylic acids is 1. The molecule has 1 amide bonds. The minimum absolute atomic E-state index is 0.182. The summed E-state index contributed by atoms with van der Waals surface area (Å²) in [5.41, 5.74) is 5.30. The van der Waals surface area contributed by atoms with E-state index in [1.54, 1.807) is 37.2 Å². The van der Waals surface area contributed by atoms with E-state index in [-0.39, 0.29) is 11.9 Å². The molecule has 7 heteroatoms. The lowest BCUT2D eigenvalue weighted by molar-refractivity contribution is 0.0939. The Balaban J connectivity index is 1.74. The lowest BCUT2D eigenvalue weighted by Crippen LogP contribution is -2.27. The van der Waals surface area contributed by atoms with Crippen LogP contribution in [0.4, 0.5) is 11.5 Å². The van der Waals surface area contributed by atoms with Crippen LogP contribution in [-0.4, -0.2) is 32.4 Å². The third-order valence-corrected chi connectivity index (χ3v) is 5.39. The van der Waals surface area contributed by atoms with Gasteiger partial charge in [0.15, 0.2) is 5.82 Å². The third-order valence-electron chi connectivity index (χ3n) is 5.39. The Morgan fingerprint density at radius 1 is 0.939 bits per heavy atom. The fourth-order valence-corrected chi connectivity index (χ4v) is 3.61. The highest BCUT2D eigenvalue weighted by atomic mass is 16.1. The van der Waals surface area contributed by atoms with Crippen LogP contribution in [0.1, 0.15) is 41.5 Å². The summed E-state index contributed by atoms with van der Waals surface area (Å²) in [6, 6.07) is 13.9. The van der Waals surface area contributed by atoms with Gasteiger partial charge in [-0.1, -0.05) is 29.8 Å². The predicted molar refractivity (Wildman–Crippen MR) is 129 cm³/mol. The molecule has 1 unspecified atom stereocenters. The van der Waals surface area contributed by atoms with Gasteiger partial charge in [0.2, 0.25) is 0 Å². The summed E-state index contributed by atoms with van der Waals surface area (Å²) in [5.74, 6) is 0.541. The summed E-state index contributed by atoms with van der Waals surface area (Å²) in [4.78, 5) is 32.3. The molecular formula is C26H26N6O. The summed E-state index contributed by atoms with van der Waals surface area (Å²) in [7, 11) is 0. The van der Waals surface area contributed by atoms with Gasteiger partial charge in [0.05, 0.1) is 24.1 Å². The standard InChI is InChI=1S/C26H26N6O/c1-4-32(25-17-28-10-12-30-25)23-14-21(20-7-5-18(2)6-8-20)13-22(15-23)26(33)31-19(3)24-16-27-9-11-29-24/h5-17,19H,4H2,1-3H3,(H,31,33). The van der Waals surface area contributed by atoms with Crippen molar-refractivity contribution in [2.75, 3.05) is 11.4 Å². The Bertz CT molecular complexity index is 1210. The molecule has 2 aromatic carbocycles. The molecule has 0 aliphatic heterocycles. The molecular weight excluding hydrogens is 412 g/mol. The molecule has 4 rings (SSSR count). The number of nitrogens with zero attached hydrogens (tertiary/aromatic N) is 5. The van der Waals surface area contributed by atoms with Gasteiger partial charge in [-0.2, -0.15) is 0 Å². The minimum atomic E-state index is -0.278. The van der Waals surface area contributed by atoms with Crippen LogP contribution in [0, 0.1) is 6.92 Å². The zero-order valence-corrected chi connectivity index (χ0v) is 18.9. The number of hydrogen-bond acceptors (Lipinski definition) is 6. The smallest absolute Gasteiger partial charge is 0.251 e. The first kappa shape index (κ1) is 22.1. The van der Waals surface area contributed by atoms with Crippen LogP contribution in [0.25, 0.3) is 11.1 Å². The summed E-state index contributed by atoms with van der Waals surface area (Å²) < 4.78 is 0. The van der Waals surface area contributed by atoms with Gasteiger partial charge in [-0.25, -0.2) is 4.98 Å². The maximum absolute atomic E-state index is 13.3. The van der Waals surface area contributed by atoms with Gasteiger partial charge in [0, 0.05) is 42.6 Å². The van der Waals surface area contributed by atoms with E-state index in [9.17, 15) is 4.79 Å². The van der Waals surface area contributed by atoms with E-state index in [0.717, 1.165) is 22.6 Å². The van der Waals surface area contributed by atoms with Gasteiger partial charge in [-0.15, -0.1) is 0 Å². The van der Waals surface area contributed by atoms with E-state index in [0.29, 0.717) is 17.8 Å². The van der Waals surface area contributed by atoms with Gasteiger partial charge in [-0.3, -0.25) is 19.7 Å².